The van der Waals surface area contributed by atoms with Crippen LogP contribution in [-0.2, 0) is 12.6 Å². The molecule has 28 heavy (non-hydrogen) atoms. The maximum atomic E-state index is 14.5. The average Bonchev–Trinajstić information content (AvgIpc) is 2.93. The summed E-state index contributed by atoms with van der Waals surface area (Å²) in [6, 6.07) is 1.75. The highest BCUT2D eigenvalue weighted by molar-refractivity contribution is 5.81. The first kappa shape index (κ1) is 19.9. The van der Waals surface area contributed by atoms with Crippen LogP contribution >= 0.6 is 0 Å². The van der Waals surface area contributed by atoms with Crippen molar-refractivity contribution >= 4 is 5.65 Å². The molecule has 0 aliphatic heterocycles. The SMILES string of the molecule is CCc1nn2c(C(F)(F)F)cc(C)nc2c1-c1cc(F)c(OC(F)F)cc1F. The summed E-state index contributed by atoms with van der Waals surface area (Å²) >= 11 is 0. The summed E-state index contributed by atoms with van der Waals surface area (Å²) < 4.78 is 97.7. The van der Waals surface area contributed by atoms with E-state index in [1.54, 1.807) is 6.92 Å². The number of ether oxygens (including phenoxy) is 1. The topological polar surface area (TPSA) is 39.4 Å². The Hall–Kier alpha value is -2.85. The zero-order chi connectivity index (χ0) is 20.8. The second-order valence-electron chi connectivity index (χ2n) is 5.83. The summed E-state index contributed by atoms with van der Waals surface area (Å²) in [5.41, 5.74) is -2.06. The summed E-state index contributed by atoms with van der Waals surface area (Å²) in [4.78, 5) is 4.00. The molecule has 2 heterocycles. The van der Waals surface area contributed by atoms with Crippen LogP contribution in [0, 0.1) is 18.6 Å². The van der Waals surface area contributed by atoms with Crippen LogP contribution in [0.2, 0.25) is 0 Å². The third-order valence-electron chi connectivity index (χ3n) is 3.92. The van der Waals surface area contributed by atoms with Crippen molar-refractivity contribution < 1.29 is 35.5 Å². The molecule has 4 nitrogen and oxygen atoms in total. The zero-order valence-electron chi connectivity index (χ0n) is 14.4. The Bertz CT molecular complexity index is 1040. The molecule has 11 heteroatoms. The Morgan fingerprint density at radius 2 is 1.79 bits per heavy atom. The Labute approximate surface area is 153 Å². The van der Waals surface area contributed by atoms with E-state index in [0.717, 1.165) is 6.07 Å². The number of nitrogens with zero attached hydrogens (tertiary/aromatic N) is 3. The molecule has 0 N–H and O–H groups in total. The number of aromatic nitrogens is 3. The van der Waals surface area contributed by atoms with Gasteiger partial charge in [-0.15, -0.1) is 0 Å². The molecule has 1 aromatic carbocycles. The van der Waals surface area contributed by atoms with Gasteiger partial charge in [0.1, 0.15) is 11.5 Å². The molecule has 0 atom stereocenters. The van der Waals surface area contributed by atoms with Gasteiger partial charge in [0.25, 0.3) is 0 Å². The van der Waals surface area contributed by atoms with E-state index < -0.39 is 41.4 Å². The summed E-state index contributed by atoms with van der Waals surface area (Å²) in [6.07, 6.45) is -4.68. The van der Waals surface area contributed by atoms with Gasteiger partial charge in [-0.3, -0.25) is 0 Å². The molecule has 0 unspecified atom stereocenters. The molecular weight excluding hydrogens is 395 g/mol. The van der Waals surface area contributed by atoms with Gasteiger partial charge < -0.3 is 4.74 Å². The molecule has 0 aliphatic carbocycles. The standard InChI is InChI=1S/C17H12F7N3O/c1-3-11-14(8-5-10(19)12(6-9(8)18)28-16(20)21)15-25-7(2)4-13(17(22,23)24)27(15)26-11/h4-6,16H,3H2,1-2H3. The van der Waals surface area contributed by atoms with Crippen LogP contribution in [0.15, 0.2) is 18.2 Å². The largest absolute Gasteiger partial charge is 0.433 e. The Kier molecular flexibility index (Phi) is 4.94. The van der Waals surface area contributed by atoms with E-state index in [-0.39, 0.29) is 29.0 Å². The Morgan fingerprint density at radius 3 is 2.36 bits per heavy atom. The normalized spacial score (nSPS) is 12.2. The molecule has 150 valence electrons. The highest BCUT2D eigenvalue weighted by Crippen LogP contribution is 2.37. The average molecular weight is 407 g/mol. The van der Waals surface area contributed by atoms with Crippen LogP contribution in [-0.4, -0.2) is 21.2 Å². The molecule has 3 rings (SSSR count). The number of fused-ring (bicyclic) bond motifs is 1. The van der Waals surface area contributed by atoms with E-state index in [4.69, 9.17) is 0 Å². The van der Waals surface area contributed by atoms with Gasteiger partial charge in [0.15, 0.2) is 17.2 Å². The van der Waals surface area contributed by atoms with Crippen LogP contribution in [0.25, 0.3) is 16.8 Å². The van der Waals surface area contributed by atoms with Crippen LogP contribution in [0.5, 0.6) is 5.75 Å². The molecule has 0 saturated carbocycles. The van der Waals surface area contributed by atoms with Gasteiger partial charge >= 0.3 is 12.8 Å². The molecule has 0 spiro atoms. The van der Waals surface area contributed by atoms with Crippen molar-refractivity contribution in [3.63, 3.8) is 0 Å². The lowest BCUT2D eigenvalue weighted by molar-refractivity contribution is -0.142. The third kappa shape index (κ3) is 3.48. The van der Waals surface area contributed by atoms with E-state index in [1.165, 1.54) is 6.92 Å². The zero-order valence-corrected chi connectivity index (χ0v) is 14.4. The molecule has 0 radical (unpaired) electrons. The number of alkyl halides is 5. The fourth-order valence-corrected chi connectivity index (χ4v) is 2.81. The third-order valence-corrected chi connectivity index (χ3v) is 3.92. The number of aryl methyl sites for hydroxylation is 2. The second-order valence-corrected chi connectivity index (χ2v) is 5.83. The molecular formula is C17H12F7N3O. The van der Waals surface area contributed by atoms with Crippen LogP contribution in [0.4, 0.5) is 30.7 Å². The number of rotatable bonds is 4. The monoisotopic (exact) mass is 407 g/mol. The number of halogens is 7. The molecule has 0 saturated heterocycles. The molecule has 3 aromatic rings. The Morgan fingerprint density at radius 1 is 1.11 bits per heavy atom. The first-order valence-electron chi connectivity index (χ1n) is 7.93. The van der Waals surface area contributed by atoms with Crippen LogP contribution < -0.4 is 4.74 Å². The van der Waals surface area contributed by atoms with E-state index in [1.807, 2.05) is 0 Å². The van der Waals surface area contributed by atoms with Gasteiger partial charge in [0.2, 0.25) is 0 Å². The number of benzene rings is 1. The van der Waals surface area contributed by atoms with E-state index in [2.05, 4.69) is 14.8 Å². The van der Waals surface area contributed by atoms with Gasteiger partial charge in [0.05, 0.1) is 11.3 Å². The smallest absolute Gasteiger partial charge is 0.432 e. The van der Waals surface area contributed by atoms with Gasteiger partial charge in [-0.25, -0.2) is 18.3 Å². The van der Waals surface area contributed by atoms with E-state index >= 15 is 0 Å². The molecule has 0 bridgehead atoms. The minimum absolute atomic E-state index is 0.0119. The maximum Gasteiger partial charge on any atom is 0.433 e. The Balaban J connectivity index is 2.32. The summed E-state index contributed by atoms with van der Waals surface area (Å²) in [7, 11) is 0. The van der Waals surface area contributed by atoms with Gasteiger partial charge in [-0.05, 0) is 25.5 Å². The van der Waals surface area contributed by atoms with Crippen molar-refractivity contribution in [3.05, 3.63) is 46.9 Å². The lowest BCUT2D eigenvalue weighted by Gasteiger charge is -2.11. The second kappa shape index (κ2) is 6.95. The van der Waals surface area contributed by atoms with Crippen LogP contribution in [0.3, 0.4) is 0 Å². The molecule has 0 fully saturated rings. The lowest BCUT2D eigenvalue weighted by atomic mass is 10.0. The van der Waals surface area contributed by atoms with Gasteiger partial charge in [-0.2, -0.15) is 27.1 Å². The van der Waals surface area contributed by atoms with E-state index in [0.29, 0.717) is 16.6 Å². The predicted molar refractivity (Wildman–Crippen MR) is 84.1 cm³/mol. The maximum absolute atomic E-state index is 14.5. The van der Waals surface area contributed by atoms with Gasteiger partial charge in [0, 0.05) is 17.3 Å². The van der Waals surface area contributed by atoms with Crippen molar-refractivity contribution in [1.29, 1.82) is 0 Å². The molecule has 0 amide bonds. The van der Waals surface area contributed by atoms with Crippen molar-refractivity contribution in [3.8, 4) is 16.9 Å². The summed E-state index contributed by atoms with van der Waals surface area (Å²) in [6.45, 7) is -0.496. The van der Waals surface area contributed by atoms with Crippen molar-refractivity contribution in [1.82, 2.24) is 14.6 Å². The molecule has 0 aliphatic rings. The highest BCUT2D eigenvalue weighted by Gasteiger charge is 2.36. The minimum Gasteiger partial charge on any atom is -0.432 e. The van der Waals surface area contributed by atoms with Crippen LogP contribution in [0.1, 0.15) is 24.0 Å². The highest BCUT2D eigenvalue weighted by atomic mass is 19.4. The number of hydrogen-bond acceptors (Lipinski definition) is 3. The van der Waals surface area contributed by atoms with Crippen molar-refractivity contribution in [2.75, 3.05) is 0 Å². The van der Waals surface area contributed by atoms with Gasteiger partial charge in [-0.1, -0.05) is 6.92 Å². The first-order valence-corrected chi connectivity index (χ1v) is 7.93. The first-order chi connectivity index (χ1) is 13.0. The lowest BCUT2D eigenvalue weighted by Crippen LogP contribution is -2.14. The van der Waals surface area contributed by atoms with E-state index in [9.17, 15) is 30.7 Å². The van der Waals surface area contributed by atoms with Crippen molar-refractivity contribution in [2.24, 2.45) is 0 Å². The minimum atomic E-state index is -4.76. The number of hydrogen-bond donors (Lipinski definition) is 0. The quantitative estimate of drug-likeness (QED) is 0.561. The van der Waals surface area contributed by atoms with Crippen molar-refractivity contribution in [2.45, 2.75) is 33.1 Å². The summed E-state index contributed by atoms with van der Waals surface area (Å²) in [5, 5.41) is 3.85. The predicted octanol–water partition coefficient (Wildman–Crippen LogP) is 5.17. The summed E-state index contributed by atoms with van der Waals surface area (Å²) in [5.74, 6) is -3.49. The molecule has 2 aromatic heterocycles. The fourth-order valence-electron chi connectivity index (χ4n) is 2.81. The fraction of sp³-hybridized carbons (Fsp3) is 0.294.